The molecule has 9 nitrogen and oxygen atoms in total. The van der Waals surface area contributed by atoms with Crippen molar-refractivity contribution in [2.24, 2.45) is 0 Å². The standard InChI is InChI=1S/C28H30FN3O6S/c1-3-30-28(34)24(15-20-7-5-4-6-8-20)31(17-21-9-11-22(29)12-10-21)27(33)18-32(39(2,35)36)23-13-14-25-26(16-23)38-19-37-25/h4-14,16,24H,3,15,17-19H2,1-2H3,(H,30,34)/t24-/m0/s1. The van der Waals surface area contributed by atoms with E-state index in [4.69, 9.17) is 9.47 Å². The summed E-state index contributed by atoms with van der Waals surface area (Å²) in [5.41, 5.74) is 1.62. The second kappa shape index (κ2) is 12.2. The fourth-order valence-corrected chi connectivity index (χ4v) is 5.13. The van der Waals surface area contributed by atoms with Gasteiger partial charge in [0.15, 0.2) is 11.5 Å². The summed E-state index contributed by atoms with van der Waals surface area (Å²) >= 11 is 0. The molecule has 0 spiro atoms. The van der Waals surface area contributed by atoms with E-state index in [0.29, 0.717) is 23.6 Å². The van der Waals surface area contributed by atoms with Crippen LogP contribution in [0, 0.1) is 5.82 Å². The van der Waals surface area contributed by atoms with Crippen LogP contribution in [0.4, 0.5) is 10.1 Å². The third kappa shape index (κ3) is 7.05. The van der Waals surface area contributed by atoms with Crippen molar-refractivity contribution in [3.8, 4) is 11.5 Å². The molecule has 0 radical (unpaired) electrons. The Hall–Kier alpha value is -4.12. The van der Waals surface area contributed by atoms with E-state index in [1.165, 1.54) is 41.3 Å². The summed E-state index contributed by atoms with van der Waals surface area (Å²) in [6, 6.07) is 18.4. The second-order valence-electron chi connectivity index (χ2n) is 9.06. The zero-order chi connectivity index (χ0) is 28.0. The fourth-order valence-electron chi connectivity index (χ4n) is 4.29. The van der Waals surface area contributed by atoms with Crippen LogP contribution in [0.1, 0.15) is 18.1 Å². The molecule has 3 aromatic carbocycles. The van der Waals surface area contributed by atoms with Gasteiger partial charge in [0.05, 0.1) is 11.9 Å². The van der Waals surface area contributed by atoms with Crippen LogP contribution in [0.2, 0.25) is 0 Å². The molecule has 3 aromatic rings. The predicted octanol–water partition coefficient (Wildman–Crippen LogP) is 3.10. The molecule has 0 fully saturated rings. The van der Waals surface area contributed by atoms with Gasteiger partial charge in [0.25, 0.3) is 0 Å². The number of halogens is 1. The van der Waals surface area contributed by atoms with E-state index >= 15 is 0 Å². The van der Waals surface area contributed by atoms with Crippen LogP contribution in [0.25, 0.3) is 0 Å². The first-order valence-electron chi connectivity index (χ1n) is 12.4. The highest BCUT2D eigenvalue weighted by Crippen LogP contribution is 2.36. The van der Waals surface area contributed by atoms with Crippen molar-refractivity contribution in [2.75, 3.05) is 30.4 Å². The maximum absolute atomic E-state index is 13.9. The Morgan fingerprint density at radius 3 is 2.33 bits per heavy atom. The second-order valence-corrected chi connectivity index (χ2v) is 11.0. The number of ether oxygens (including phenoxy) is 2. The maximum Gasteiger partial charge on any atom is 0.244 e. The number of fused-ring (bicyclic) bond motifs is 1. The molecule has 1 N–H and O–H groups in total. The van der Waals surface area contributed by atoms with Gasteiger partial charge in [0, 0.05) is 25.6 Å². The van der Waals surface area contributed by atoms with Crippen molar-refractivity contribution in [3.63, 3.8) is 0 Å². The highest BCUT2D eigenvalue weighted by Gasteiger charge is 2.33. The highest BCUT2D eigenvalue weighted by molar-refractivity contribution is 7.92. The van der Waals surface area contributed by atoms with Crippen LogP contribution >= 0.6 is 0 Å². The molecule has 0 unspecified atom stereocenters. The number of carbonyl (C=O) groups is 2. The lowest BCUT2D eigenvalue weighted by Gasteiger charge is -2.33. The highest BCUT2D eigenvalue weighted by atomic mass is 32.2. The topological polar surface area (TPSA) is 105 Å². The number of rotatable bonds is 11. The van der Waals surface area contributed by atoms with Gasteiger partial charge in [0.2, 0.25) is 28.6 Å². The van der Waals surface area contributed by atoms with Crippen molar-refractivity contribution in [1.29, 1.82) is 0 Å². The molecule has 206 valence electrons. The van der Waals surface area contributed by atoms with Gasteiger partial charge < -0.3 is 19.7 Å². The Morgan fingerprint density at radius 2 is 1.67 bits per heavy atom. The van der Waals surface area contributed by atoms with Crippen LogP contribution in [0.15, 0.2) is 72.8 Å². The van der Waals surface area contributed by atoms with Crippen molar-refractivity contribution in [1.82, 2.24) is 10.2 Å². The molecule has 0 saturated heterocycles. The average molecular weight is 556 g/mol. The molecule has 1 atom stereocenters. The first kappa shape index (κ1) is 27.9. The van der Waals surface area contributed by atoms with Crippen molar-refractivity contribution >= 4 is 27.5 Å². The minimum atomic E-state index is -3.92. The van der Waals surface area contributed by atoms with E-state index in [0.717, 1.165) is 16.1 Å². The van der Waals surface area contributed by atoms with Gasteiger partial charge in [-0.3, -0.25) is 13.9 Å². The molecule has 1 heterocycles. The molecule has 11 heteroatoms. The van der Waals surface area contributed by atoms with E-state index in [9.17, 15) is 22.4 Å². The van der Waals surface area contributed by atoms with Crippen molar-refractivity contribution in [3.05, 3.63) is 89.7 Å². The van der Waals surface area contributed by atoms with Gasteiger partial charge in [-0.1, -0.05) is 42.5 Å². The van der Waals surface area contributed by atoms with Crippen LogP contribution in [-0.2, 0) is 32.6 Å². The third-order valence-corrected chi connectivity index (χ3v) is 7.35. The van der Waals surface area contributed by atoms with E-state index in [1.54, 1.807) is 13.0 Å². The summed E-state index contributed by atoms with van der Waals surface area (Å²) in [6.07, 6.45) is 1.20. The molecule has 2 amide bonds. The summed E-state index contributed by atoms with van der Waals surface area (Å²) in [5, 5.41) is 2.78. The van der Waals surface area contributed by atoms with Crippen molar-refractivity contribution < 1.29 is 31.9 Å². The molecule has 0 bridgehead atoms. The largest absolute Gasteiger partial charge is 0.454 e. The molecule has 1 aliphatic rings. The molecular weight excluding hydrogens is 525 g/mol. The first-order chi connectivity index (χ1) is 18.7. The van der Waals surface area contributed by atoms with E-state index < -0.39 is 34.3 Å². The number of amides is 2. The molecular formula is C28H30FN3O6S. The lowest BCUT2D eigenvalue weighted by molar-refractivity contribution is -0.140. The fraction of sp³-hybridized carbons (Fsp3) is 0.286. The van der Waals surface area contributed by atoms with Crippen molar-refractivity contribution in [2.45, 2.75) is 25.9 Å². The summed E-state index contributed by atoms with van der Waals surface area (Å²) in [5.74, 6) is -0.593. The number of anilines is 1. The van der Waals surface area contributed by atoms with E-state index in [1.807, 2.05) is 30.3 Å². The van der Waals surface area contributed by atoms with E-state index in [-0.39, 0.29) is 31.4 Å². The smallest absolute Gasteiger partial charge is 0.244 e. The molecule has 0 saturated carbocycles. The van der Waals surface area contributed by atoms with Gasteiger partial charge >= 0.3 is 0 Å². The Bertz CT molecular complexity index is 1420. The number of hydrogen-bond donors (Lipinski definition) is 1. The SMILES string of the molecule is CCNC(=O)[C@H](Cc1ccccc1)N(Cc1ccc(F)cc1)C(=O)CN(c1ccc2c(c1)OCO2)S(C)(=O)=O. The Kier molecular flexibility index (Phi) is 8.70. The summed E-state index contributed by atoms with van der Waals surface area (Å²) < 4.78 is 51.0. The summed E-state index contributed by atoms with van der Waals surface area (Å²) in [6.45, 7) is 1.52. The quantitative estimate of drug-likeness (QED) is 0.390. The van der Waals surface area contributed by atoms with Gasteiger partial charge in [-0.05, 0) is 42.3 Å². The molecule has 1 aliphatic heterocycles. The van der Waals surface area contributed by atoms with Gasteiger partial charge in [0.1, 0.15) is 18.4 Å². The average Bonchev–Trinajstić information content (AvgIpc) is 3.38. The normalized spacial score (nSPS) is 13.0. The number of hydrogen-bond acceptors (Lipinski definition) is 6. The molecule has 0 aliphatic carbocycles. The lowest BCUT2D eigenvalue weighted by atomic mass is 10.0. The molecule has 4 rings (SSSR count). The monoisotopic (exact) mass is 555 g/mol. The van der Waals surface area contributed by atoms with E-state index in [2.05, 4.69) is 5.32 Å². The molecule has 39 heavy (non-hydrogen) atoms. The number of benzene rings is 3. The number of sulfonamides is 1. The van der Waals surface area contributed by atoms with Crippen LogP contribution < -0.4 is 19.1 Å². The lowest BCUT2D eigenvalue weighted by Crippen LogP contribution is -2.53. The molecule has 0 aromatic heterocycles. The van der Waals surface area contributed by atoms with Crippen LogP contribution in [0.3, 0.4) is 0 Å². The third-order valence-electron chi connectivity index (χ3n) is 6.21. The van der Waals surface area contributed by atoms with Gasteiger partial charge in [-0.2, -0.15) is 0 Å². The number of likely N-dealkylation sites (N-methyl/N-ethyl adjacent to an activating group) is 1. The van der Waals surface area contributed by atoms with Crippen LogP contribution in [-0.4, -0.2) is 57.3 Å². The predicted molar refractivity (Wildman–Crippen MR) is 144 cm³/mol. The Labute approximate surface area is 227 Å². The zero-order valence-electron chi connectivity index (χ0n) is 21.7. The number of nitrogens with zero attached hydrogens (tertiary/aromatic N) is 2. The first-order valence-corrected chi connectivity index (χ1v) is 14.2. The summed E-state index contributed by atoms with van der Waals surface area (Å²) in [4.78, 5) is 28.6. The Morgan fingerprint density at radius 1 is 0.974 bits per heavy atom. The number of carbonyl (C=O) groups excluding carboxylic acids is 2. The van der Waals surface area contributed by atoms with Gasteiger partial charge in [-0.15, -0.1) is 0 Å². The zero-order valence-corrected chi connectivity index (χ0v) is 22.5. The Balaban J connectivity index is 1.71. The number of nitrogens with one attached hydrogen (secondary N) is 1. The minimum absolute atomic E-state index is 0.00967. The summed E-state index contributed by atoms with van der Waals surface area (Å²) in [7, 11) is -3.92. The van der Waals surface area contributed by atoms with Crippen LogP contribution in [0.5, 0.6) is 11.5 Å². The van der Waals surface area contributed by atoms with Gasteiger partial charge in [-0.25, -0.2) is 12.8 Å². The maximum atomic E-state index is 13.9. The minimum Gasteiger partial charge on any atom is -0.454 e.